The van der Waals surface area contributed by atoms with Gasteiger partial charge in [0.2, 0.25) is 11.7 Å². The fraction of sp³-hybridized carbons (Fsp3) is 0.294. The van der Waals surface area contributed by atoms with Crippen LogP contribution in [0.4, 0.5) is 5.82 Å². The first-order valence-corrected chi connectivity index (χ1v) is 8.53. The van der Waals surface area contributed by atoms with Crippen LogP contribution in [0.5, 0.6) is 0 Å². The second-order valence-corrected chi connectivity index (χ2v) is 6.28. The summed E-state index contributed by atoms with van der Waals surface area (Å²) in [6, 6.07) is 7.67. The molecule has 9 nitrogen and oxygen atoms in total. The van der Waals surface area contributed by atoms with Gasteiger partial charge in [0.25, 0.3) is 0 Å². The molecule has 0 atom stereocenters. The van der Waals surface area contributed by atoms with Crippen molar-refractivity contribution in [2.24, 2.45) is 0 Å². The van der Waals surface area contributed by atoms with Crippen LogP contribution in [0.3, 0.4) is 0 Å². The lowest BCUT2D eigenvalue weighted by Gasteiger charge is -2.31. The number of pyridine rings is 1. The normalized spacial score (nSPS) is 15.6. The van der Waals surface area contributed by atoms with Gasteiger partial charge in [0.05, 0.1) is 0 Å². The molecule has 4 aromatic rings. The summed E-state index contributed by atoms with van der Waals surface area (Å²) in [5.41, 5.74) is 1.66. The summed E-state index contributed by atoms with van der Waals surface area (Å²) >= 11 is 0. The minimum absolute atomic E-state index is 0.271. The number of rotatable bonds is 3. The number of anilines is 1. The zero-order valence-corrected chi connectivity index (χ0v) is 13.9. The second-order valence-electron chi connectivity index (χ2n) is 6.28. The second kappa shape index (κ2) is 6.17. The van der Waals surface area contributed by atoms with Crippen LogP contribution >= 0.6 is 0 Å². The van der Waals surface area contributed by atoms with Gasteiger partial charge < -0.3 is 9.42 Å². The SMILES string of the molecule is c1cc(-c2noc(C3CCN(c4ccc5nncn5n4)CC3)n2)ccn1. The maximum atomic E-state index is 5.51. The van der Waals surface area contributed by atoms with Crippen molar-refractivity contribution in [1.82, 2.24) is 34.9 Å². The smallest absolute Gasteiger partial charge is 0.230 e. The van der Waals surface area contributed by atoms with Crippen LogP contribution in [0.2, 0.25) is 0 Å². The molecule has 130 valence electrons. The highest BCUT2D eigenvalue weighted by Crippen LogP contribution is 2.30. The Hall–Kier alpha value is -3.36. The van der Waals surface area contributed by atoms with E-state index >= 15 is 0 Å². The van der Waals surface area contributed by atoms with Gasteiger partial charge in [-0.05, 0) is 37.1 Å². The summed E-state index contributed by atoms with van der Waals surface area (Å²) in [6.45, 7) is 1.77. The minimum atomic E-state index is 0.271. The monoisotopic (exact) mass is 348 g/mol. The molecule has 0 N–H and O–H groups in total. The Morgan fingerprint density at radius 1 is 1.04 bits per heavy atom. The third kappa shape index (κ3) is 2.67. The first-order valence-electron chi connectivity index (χ1n) is 8.53. The summed E-state index contributed by atoms with van der Waals surface area (Å²) < 4.78 is 7.21. The summed E-state index contributed by atoms with van der Waals surface area (Å²) in [4.78, 5) is 10.8. The predicted octanol–water partition coefficient (Wildman–Crippen LogP) is 1.95. The molecule has 26 heavy (non-hydrogen) atoms. The third-order valence-corrected chi connectivity index (χ3v) is 4.70. The minimum Gasteiger partial charge on any atom is -0.355 e. The van der Waals surface area contributed by atoms with E-state index in [1.54, 1.807) is 23.2 Å². The largest absolute Gasteiger partial charge is 0.355 e. The number of nitrogens with zero attached hydrogens (tertiary/aromatic N) is 8. The van der Waals surface area contributed by atoms with Gasteiger partial charge in [0, 0.05) is 37.0 Å². The van der Waals surface area contributed by atoms with E-state index in [0.717, 1.165) is 43.0 Å². The topological polar surface area (TPSA) is 98.1 Å². The van der Waals surface area contributed by atoms with Gasteiger partial charge >= 0.3 is 0 Å². The maximum Gasteiger partial charge on any atom is 0.230 e. The van der Waals surface area contributed by atoms with Crippen molar-refractivity contribution in [1.29, 1.82) is 0 Å². The number of hydrogen-bond donors (Lipinski definition) is 0. The van der Waals surface area contributed by atoms with E-state index in [-0.39, 0.29) is 5.92 Å². The highest BCUT2D eigenvalue weighted by Gasteiger charge is 2.26. The van der Waals surface area contributed by atoms with Gasteiger partial charge in [-0.25, -0.2) is 0 Å². The van der Waals surface area contributed by atoms with Crippen molar-refractivity contribution >= 4 is 11.5 Å². The molecule has 0 aromatic carbocycles. The Kier molecular flexibility index (Phi) is 3.55. The quantitative estimate of drug-likeness (QED) is 0.554. The molecule has 9 heteroatoms. The van der Waals surface area contributed by atoms with E-state index in [1.807, 2.05) is 24.3 Å². The average Bonchev–Trinajstić information content (AvgIpc) is 3.38. The van der Waals surface area contributed by atoms with Crippen molar-refractivity contribution in [2.45, 2.75) is 18.8 Å². The average molecular weight is 348 g/mol. The third-order valence-electron chi connectivity index (χ3n) is 4.70. The number of fused-ring (bicyclic) bond motifs is 1. The van der Waals surface area contributed by atoms with Gasteiger partial charge in [-0.15, -0.1) is 15.3 Å². The van der Waals surface area contributed by atoms with Crippen molar-refractivity contribution < 1.29 is 4.52 Å². The van der Waals surface area contributed by atoms with E-state index in [9.17, 15) is 0 Å². The zero-order valence-electron chi connectivity index (χ0n) is 13.9. The first-order chi connectivity index (χ1) is 12.9. The van der Waals surface area contributed by atoms with Crippen molar-refractivity contribution in [3.63, 3.8) is 0 Å². The maximum absolute atomic E-state index is 5.51. The van der Waals surface area contributed by atoms with E-state index in [0.29, 0.717) is 11.7 Å². The van der Waals surface area contributed by atoms with Gasteiger partial charge in [-0.2, -0.15) is 9.50 Å². The molecule has 1 aliphatic heterocycles. The van der Waals surface area contributed by atoms with E-state index in [4.69, 9.17) is 4.52 Å². The van der Waals surface area contributed by atoms with Crippen molar-refractivity contribution in [3.8, 4) is 11.4 Å². The molecule has 1 fully saturated rings. The molecule has 0 bridgehead atoms. The van der Waals surface area contributed by atoms with E-state index in [1.165, 1.54) is 0 Å². The molecule has 5 heterocycles. The summed E-state index contributed by atoms with van der Waals surface area (Å²) in [6.07, 6.45) is 6.96. The Labute approximate surface area is 148 Å². The van der Waals surface area contributed by atoms with Crippen LogP contribution in [-0.2, 0) is 0 Å². The Morgan fingerprint density at radius 2 is 1.88 bits per heavy atom. The highest BCUT2D eigenvalue weighted by atomic mass is 16.5. The zero-order chi connectivity index (χ0) is 17.3. The van der Waals surface area contributed by atoms with Crippen LogP contribution in [0.1, 0.15) is 24.7 Å². The van der Waals surface area contributed by atoms with Gasteiger partial charge in [-0.3, -0.25) is 4.98 Å². The fourth-order valence-electron chi connectivity index (χ4n) is 3.26. The number of piperidine rings is 1. The predicted molar refractivity (Wildman–Crippen MR) is 92.5 cm³/mol. The lowest BCUT2D eigenvalue weighted by atomic mass is 9.97. The molecular formula is C17H16N8O. The molecule has 0 spiro atoms. The Bertz CT molecular complexity index is 1020. The standard InChI is InChI=1S/C17H16N8O/c1-2-15(22-25-11-19-21-14(1)25)24-9-5-13(6-10-24)17-20-16(23-26-17)12-3-7-18-8-4-12/h1-4,7-8,11,13H,5-6,9-10H2. The Morgan fingerprint density at radius 3 is 2.73 bits per heavy atom. The molecule has 4 aromatic heterocycles. The van der Waals surface area contributed by atoms with E-state index < -0.39 is 0 Å². The fourth-order valence-corrected chi connectivity index (χ4v) is 3.26. The van der Waals surface area contributed by atoms with Crippen molar-refractivity contribution in [3.05, 3.63) is 48.9 Å². The molecule has 0 aliphatic carbocycles. The lowest BCUT2D eigenvalue weighted by molar-refractivity contribution is 0.329. The van der Waals surface area contributed by atoms with Crippen LogP contribution in [0, 0.1) is 0 Å². The molecule has 0 amide bonds. The van der Waals surface area contributed by atoms with Crippen LogP contribution in [0.25, 0.3) is 17.0 Å². The molecular weight excluding hydrogens is 332 g/mol. The van der Waals surface area contributed by atoms with Gasteiger partial charge in [-0.1, -0.05) is 5.16 Å². The first kappa shape index (κ1) is 14.9. The highest BCUT2D eigenvalue weighted by molar-refractivity contribution is 5.52. The van der Waals surface area contributed by atoms with Gasteiger partial charge in [0.1, 0.15) is 12.1 Å². The summed E-state index contributed by atoms with van der Waals surface area (Å²) in [7, 11) is 0. The molecule has 0 radical (unpaired) electrons. The Balaban J connectivity index is 1.29. The molecule has 0 unspecified atom stereocenters. The van der Waals surface area contributed by atoms with Crippen LogP contribution < -0.4 is 4.90 Å². The number of aromatic nitrogens is 7. The summed E-state index contributed by atoms with van der Waals surface area (Å²) in [5.74, 6) is 2.52. The van der Waals surface area contributed by atoms with Crippen molar-refractivity contribution in [2.75, 3.05) is 18.0 Å². The molecule has 1 saturated heterocycles. The van der Waals surface area contributed by atoms with Crippen LogP contribution in [-0.4, -0.2) is 48.0 Å². The lowest BCUT2D eigenvalue weighted by Crippen LogP contribution is -2.33. The van der Waals surface area contributed by atoms with E-state index in [2.05, 4.69) is 35.3 Å². The van der Waals surface area contributed by atoms with Crippen LogP contribution in [0.15, 0.2) is 47.5 Å². The van der Waals surface area contributed by atoms with Gasteiger partial charge in [0.15, 0.2) is 5.65 Å². The molecule has 1 aliphatic rings. The summed E-state index contributed by atoms with van der Waals surface area (Å²) in [5, 5.41) is 16.5. The molecule has 0 saturated carbocycles. The molecule has 5 rings (SSSR count). The number of hydrogen-bond acceptors (Lipinski definition) is 8.